The van der Waals surface area contributed by atoms with E-state index in [0.717, 1.165) is 56.0 Å². The highest BCUT2D eigenvalue weighted by molar-refractivity contribution is 6.23. The van der Waals surface area contributed by atoms with Gasteiger partial charge in [-0.3, -0.25) is 0 Å². The standard InChI is InChI=1S/C94H66N2/c1-93(2)87-38-22-20-36-79(87)81-54-50-77(61-89(81)93)96(74-49-48-65-28-18-19-29-70(65)58-74)76-53-57-84-86(60-76)92(69-46-42-67(43-47-69)64-26-10-4-11-27-64)83-56-52-75(59-85(83)91(84)68-44-40-66(41-45-68)63-24-8-3-9-25-63)95(73-34-16-7-17-35-73)78-51-55-82-80-37-21-23-39-88(80)94(90(82)62-78,71-30-12-5-13-31-71)72-32-14-6-15-33-72/h3-62H,1-2H3. The highest BCUT2D eigenvalue weighted by Gasteiger charge is 2.46. The summed E-state index contributed by atoms with van der Waals surface area (Å²) < 4.78 is 0. The van der Waals surface area contributed by atoms with Crippen LogP contribution in [-0.4, -0.2) is 0 Å². The fraction of sp³-hybridized carbons (Fsp3) is 0.0426. The first-order chi connectivity index (χ1) is 47.4. The molecule has 0 bridgehead atoms. The van der Waals surface area contributed by atoms with Crippen molar-refractivity contribution in [3.8, 4) is 66.8 Å². The molecule has 18 rings (SSSR count). The molecule has 0 radical (unpaired) electrons. The summed E-state index contributed by atoms with van der Waals surface area (Å²) in [6.45, 7) is 4.76. The van der Waals surface area contributed by atoms with E-state index in [2.05, 4.69) is 388 Å². The monoisotopic (exact) mass is 1220 g/mol. The van der Waals surface area contributed by atoms with Gasteiger partial charge in [0, 0.05) is 39.5 Å². The van der Waals surface area contributed by atoms with E-state index in [-0.39, 0.29) is 5.41 Å². The predicted molar refractivity (Wildman–Crippen MR) is 405 cm³/mol. The molecule has 0 fully saturated rings. The summed E-state index contributed by atoms with van der Waals surface area (Å²) in [5.41, 5.74) is 27.9. The molecule has 0 saturated heterocycles. The van der Waals surface area contributed by atoms with Gasteiger partial charge in [-0.05, 0) is 205 Å². The Morgan fingerprint density at radius 1 is 0.208 bits per heavy atom. The van der Waals surface area contributed by atoms with Gasteiger partial charge in [-0.2, -0.15) is 0 Å². The summed E-state index contributed by atoms with van der Waals surface area (Å²) in [6, 6.07) is 136. The Morgan fingerprint density at radius 3 is 1.10 bits per heavy atom. The number of benzene rings is 16. The van der Waals surface area contributed by atoms with Crippen LogP contribution in [0.1, 0.15) is 47.2 Å². The van der Waals surface area contributed by atoms with E-state index in [1.165, 1.54) is 111 Å². The summed E-state index contributed by atoms with van der Waals surface area (Å²) in [4.78, 5) is 4.97. The van der Waals surface area contributed by atoms with E-state index in [1.54, 1.807) is 0 Å². The molecule has 2 nitrogen and oxygen atoms in total. The molecule has 16 aromatic carbocycles. The van der Waals surface area contributed by atoms with Crippen molar-refractivity contribution in [1.29, 1.82) is 0 Å². The first kappa shape index (κ1) is 56.6. The molecule has 96 heavy (non-hydrogen) atoms. The van der Waals surface area contributed by atoms with Gasteiger partial charge in [0.15, 0.2) is 0 Å². The third kappa shape index (κ3) is 9.16. The number of rotatable bonds is 12. The number of anilines is 6. The lowest BCUT2D eigenvalue weighted by Gasteiger charge is -2.35. The molecule has 2 heteroatoms. The van der Waals surface area contributed by atoms with Gasteiger partial charge in [-0.25, -0.2) is 0 Å². The maximum atomic E-state index is 2.49. The Kier molecular flexibility index (Phi) is 13.5. The van der Waals surface area contributed by atoms with Gasteiger partial charge < -0.3 is 9.80 Å². The average Bonchev–Trinajstić information content (AvgIpc) is 1.10. The fourth-order valence-corrected chi connectivity index (χ4v) is 16.2. The first-order valence-electron chi connectivity index (χ1n) is 33.5. The minimum absolute atomic E-state index is 0.195. The second kappa shape index (κ2) is 22.9. The Bertz CT molecular complexity index is 5600. The van der Waals surface area contributed by atoms with E-state index in [4.69, 9.17) is 0 Å². The summed E-state index contributed by atoms with van der Waals surface area (Å²) in [7, 11) is 0. The van der Waals surface area contributed by atoms with Crippen LogP contribution >= 0.6 is 0 Å². The smallest absolute Gasteiger partial charge is 0.0714 e. The normalized spacial score (nSPS) is 13.1. The summed E-state index contributed by atoms with van der Waals surface area (Å²) >= 11 is 0. The number of hydrogen-bond donors (Lipinski definition) is 0. The van der Waals surface area contributed by atoms with Crippen LogP contribution < -0.4 is 9.80 Å². The lowest BCUT2D eigenvalue weighted by molar-refractivity contribution is 0.660. The molecule has 0 N–H and O–H groups in total. The van der Waals surface area contributed by atoms with E-state index in [0.29, 0.717) is 0 Å². The molecule has 0 saturated carbocycles. The molecule has 0 spiro atoms. The average molecular weight is 1220 g/mol. The second-order valence-electron chi connectivity index (χ2n) is 26.3. The van der Waals surface area contributed by atoms with Crippen LogP contribution in [0, 0.1) is 0 Å². The van der Waals surface area contributed by atoms with Gasteiger partial charge >= 0.3 is 0 Å². The topological polar surface area (TPSA) is 6.48 Å². The van der Waals surface area contributed by atoms with Gasteiger partial charge in [0.05, 0.1) is 5.41 Å². The Hall–Kier alpha value is -12.1. The molecule has 2 aliphatic carbocycles. The maximum absolute atomic E-state index is 2.49. The highest BCUT2D eigenvalue weighted by Crippen LogP contribution is 2.58. The van der Waals surface area contributed by atoms with Crippen molar-refractivity contribution in [1.82, 2.24) is 0 Å². The SMILES string of the molecule is CC1(C)c2ccccc2-c2ccc(N(c3ccc4ccccc4c3)c3ccc4c(-c5ccc(-c6ccccc6)cc5)c5cc(N(c6ccccc6)c6ccc7c(c6)C(c6ccccc6)(c6ccccc6)c6ccccc6-7)ccc5c(-c5ccc(-c6ccccc6)cc5)c4c3)cc21. The molecule has 0 aliphatic heterocycles. The molecule has 2 aliphatic rings. The largest absolute Gasteiger partial charge is 0.310 e. The predicted octanol–water partition coefficient (Wildman–Crippen LogP) is 25.4. The van der Waals surface area contributed by atoms with Crippen molar-refractivity contribution in [3.05, 3.63) is 397 Å². The van der Waals surface area contributed by atoms with E-state index in [9.17, 15) is 0 Å². The second-order valence-corrected chi connectivity index (χ2v) is 26.3. The lowest BCUT2D eigenvalue weighted by atomic mass is 9.67. The number of nitrogens with zero attached hydrogens (tertiary/aromatic N) is 2. The van der Waals surface area contributed by atoms with E-state index < -0.39 is 5.41 Å². The number of fused-ring (bicyclic) bond motifs is 9. The van der Waals surface area contributed by atoms with Crippen LogP contribution in [0.25, 0.3) is 99.1 Å². The molecule has 0 heterocycles. The molecule has 0 amide bonds. The van der Waals surface area contributed by atoms with Crippen LogP contribution in [0.3, 0.4) is 0 Å². The van der Waals surface area contributed by atoms with Crippen LogP contribution in [0.15, 0.2) is 364 Å². The van der Waals surface area contributed by atoms with Crippen LogP contribution in [-0.2, 0) is 10.8 Å². The van der Waals surface area contributed by atoms with Crippen molar-refractivity contribution < 1.29 is 0 Å². The van der Waals surface area contributed by atoms with Crippen LogP contribution in [0.2, 0.25) is 0 Å². The van der Waals surface area contributed by atoms with Crippen LogP contribution in [0.5, 0.6) is 0 Å². The van der Waals surface area contributed by atoms with Crippen molar-refractivity contribution in [2.75, 3.05) is 9.80 Å². The minimum Gasteiger partial charge on any atom is -0.310 e. The zero-order valence-corrected chi connectivity index (χ0v) is 53.5. The Labute approximate surface area is 561 Å². The molecule has 0 aromatic heterocycles. The quantitative estimate of drug-likeness (QED) is 0.113. The summed E-state index contributed by atoms with van der Waals surface area (Å²) in [5.74, 6) is 0. The molecule has 16 aromatic rings. The molecular formula is C94H66N2. The van der Waals surface area contributed by atoms with E-state index >= 15 is 0 Å². The molecule has 0 unspecified atom stereocenters. The fourth-order valence-electron chi connectivity index (χ4n) is 16.2. The van der Waals surface area contributed by atoms with Gasteiger partial charge in [-0.15, -0.1) is 0 Å². The van der Waals surface area contributed by atoms with Crippen molar-refractivity contribution in [3.63, 3.8) is 0 Å². The Balaban J connectivity index is 0.903. The molecule has 452 valence electrons. The van der Waals surface area contributed by atoms with Crippen molar-refractivity contribution in [2.45, 2.75) is 24.7 Å². The van der Waals surface area contributed by atoms with E-state index in [1.807, 2.05) is 0 Å². The molecule has 0 atom stereocenters. The van der Waals surface area contributed by atoms with Gasteiger partial charge in [0.2, 0.25) is 0 Å². The zero-order valence-electron chi connectivity index (χ0n) is 53.5. The third-order valence-electron chi connectivity index (χ3n) is 20.7. The van der Waals surface area contributed by atoms with Crippen LogP contribution in [0.4, 0.5) is 34.1 Å². The summed E-state index contributed by atoms with van der Waals surface area (Å²) in [6.07, 6.45) is 0. The van der Waals surface area contributed by atoms with Gasteiger partial charge in [0.1, 0.15) is 0 Å². The third-order valence-corrected chi connectivity index (χ3v) is 20.7. The van der Waals surface area contributed by atoms with Gasteiger partial charge in [-0.1, -0.05) is 305 Å². The summed E-state index contributed by atoms with van der Waals surface area (Å²) in [5, 5.41) is 7.05. The number of para-hydroxylation sites is 1. The lowest BCUT2D eigenvalue weighted by Crippen LogP contribution is -2.28. The number of hydrogen-bond acceptors (Lipinski definition) is 2. The maximum Gasteiger partial charge on any atom is 0.0714 e. The zero-order chi connectivity index (χ0) is 63.9. The Morgan fingerprint density at radius 2 is 0.562 bits per heavy atom. The van der Waals surface area contributed by atoms with Crippen molar-refractivity contribution in [2.24, 2.45) is 0 Å². The highest BCUT2D eigenvalue weighted by atomic mass is 15.1. The minimum atomic E-state index is -0.578. The molecular weight excluding hydrogens is 1160 g/mol. The van der Waals surface area contributed by atoms with Gasteiger partial charge in [0.25, 0.3) is 0 Å². The first-order valence-corrected chi connectivity index (χ1v) is 33.5. The van der Waals surface area contributed by atoms with Crippen molar-refractivity contribution >= 4 is 66.4 Å².